The molecule has 2 heterocycles. The van der Waals surface area contributed by atoms with Crippen LogP contribution in [0, 0.1) is 12.7 Å². The van der Waals surface area contributed by atoms with Crippen LogP contribution in [0.3, 0.4) is 0 Å². The maximum Gasteiger partial charge on any atom is 0.146 e. The molecule has 0 aliphatic heterocycles. The van der Waals surface area contributed by atoms with Crippen LogP contribution in [0.1, 0.15) is 5.69 Å². The molecule has 0 radical (unpaired) electrons. The van der Waals surface area contributed by atoms with Gasteiger partial charge in [-0.15, -0.1) is 0 Å². The summed E-state index contributed by atoms with van der Waals surface area (Å²) >= 11 is 0. The van der Waals surface area contributed by atoms with Crippen LogP contribution in [-0.2, 0) is 7.05 Å². The second-order valence-corrected chi connectivity index (χ2v) is 4.48. The minimum absolute atomic E-state index is 0.258. The predicted octanol–water partition coefficient (Wildman–Crippen LogP) is 2.67. The van der Waals surface area contributed by atoms with Crippen molar-refractivity contribution in [3.8, 4) is 11.1 Å². The highest BCUT2D eigenvalue weighted by atomic mass is 19.1. The lowest BCUT2D eigenvalue weighted by Crippen LogP contribution is -1.95. The van der Waals surface area contributed by atoms with Crippen LogP contribution in [0.5, 0.6) is 0 Å². The van der Waals surface area contributed by atoms with E-state index in [1.807, 2.05) is 18.5 Å². The molecule has 0 saturated carbocycles. The summed E-state index contributed by atoms with van der Waals surface area (Å²) < 4.78 is 15.0. The number of benzene rings is 1. The van der Waals surface area contributed by atoms with Crippen molar-refractivity contribution in [2.45, 2.75) is 6.92 Å². The zero-order valence-electron chi connectivity index (χ0n) is 10.7. The minimum atomic E-state index is -0.258. The van der Waals surface area contributed by atoms with Crippen molar-refractivity contribution in [3.05, 3.63) is 42.1 Å². The van der Waals surface area contributed by atoms with Gasteiger partial charge in [0.25, 0.3) is 0 Å². The fourth-order valence-electron chi connectivity index (χ4n) is 2.36. The predicted molar refractivity (Wildman–Crippen MR) is 73.1 cm³/mol. The van der Waals surface area contributed by atoms with E-state index >= 15 is 0 Å². The van der Waals surface area contributed by atoms with Crippen molar-refractivity contribution < 1.29 is 4.39 Å². The summed E-state index contributed by atoms with van der Waals surface area (Å²) in [6, 6.07) is 6.36. The monoisotopic (exact) mass is 256 g/mol. The Labute approximate surface area is 109 Å². The third kappa shape index (κ3) is 1.66. The summed E-state index contributed by atoms with van der Waals surface area (Å²) in [6.45, 7) is 1.99. The van der Waals surface area contributed by atoms with E-state index in [0.29, 0.717) is 5.82 Å². The molecule has 5 heteroatoms. The Morgan fingerprint density at radius 3 is 2.53 bits per heavy atom. The van der Waals surface area contributed by atoms with Crippen molar-refractivity contribution in [1.29, 1.82) is 0 Å². The number of aryl methyl sites for hydroxylation is 1. The van der Waals surface area contributed by atoms with Crippen molar-refractivity contribution >= 4 is 16.9 Å². The molecule has 0 fully saturated rings. The molecular weight excluding hydrogens is 243 g/mol. The highest BCUT2D eigenvalue weighted by Gasteiger charge is 2.17. The number of rotatable bonds is 1. The van der Waals surface area contributed by atoms with Crippen molar-refractivity contribution in [2.75, 3.05) is 5.73 Å². The van der Waals surface area contributed by atoms with Gasteiger partial charge < -0.3 is 10.3 Å². The molecule has 0 spiro atoms. The molecule has 0 amide bonds. The lowest BCUT2D eigenvalue weighted by atomic mass is 10.0. The summed E-state index contributed by atoms with van der Waals surface area (Å²) in [5.41, 5.74) is 9.63. The van der Waals surface area contributed by atoms with Crippen LogP contribution >= 0.6 is 0 Å². The first-order chi connectivity index (χ1) is 9.09. The molecule has 2 N–H and O–H groups in total. The van der Waals surface area contributed by atoms with Crippen LogP contribution in [0.15, 0.2) is 30.6 Å². The van der Waals surface area contributed by atoms with E-state index < -0.39 is 0 Å². The molecule has 3 rings (SSSR count). The van der Waals surface area contributed by atoms with Gasteiger partial charge in [0.15, 0.2) is 0 Å². The molecule has 2 aromatic heterocycles. The molecule has 0 aliphatic rings. The van der Waals surface area contributed by atoms with Crippen LogP contribution < -0.4 is 5.73 Å². The Morgan fingerprint density at radius 2 is 1.84 bits per heavy atom. The van der Waals surface area contributed by atoms with Gasteiger partial charge in [-0.05, 0) is 24.6 Å². The van der Waals surface area contributed by atoms with E-state index in [4.69, 9.17) is 5.73 Å². The number of fused-ring (bicyclic) bond motifs is 1. The number of nitrogens with zero attached hydrogens (tertiary/aromatic N) is 3. The Morgan fingerprint density at radius 1 is 1.16 bits per heavy atom. The highest BCUT2D eigenvalue weighted by molar-refractivity contribution is 6.02. The number of nitrogen functional groups attached to an aromatic ring is 1. The maximum atomic E-state index is 13.0. The first-order valence-corrected chi connectivity index (χ1v) is 5.91. The molecule has 0 aliphatic carbocycles. The molecule has 19 heavy (non-hydrogen) atoms. The second kappa shape index (κ2) is 4.05. The Hall–Kier alpha value is -2.43. The Bertz CT molecular complexity index is 759. The number of hydrogen-bond acceptors (Lipinski definition) is 3. The first-order valence-electron chi connectivity index (χ1n) is 5.91. The lowest BCUT2D eigenvalue weighted by Gasteiger charge is -2.03. The largest absolute Gasteiger partial charge is 0.383 e. The number of hydrogen-bond donors (Lipinski definition) is 1. The summed E-state index contributed by atoms with van der Waals surface area (Å²) in [7, 11) is 1.93. The smallest absolute Gasteiger partial charge is 0.146 e. The molecule has 0 bridgehead atoms. The zero-order valence-corrected chi connectivity index (χ0v) is 10.7. The summed E-state index contributed by atoms with van der Waals surface area (Å²) in [4.78, 5) is 8.31. The minimum Gasteiger partial charge on any atom is -0.383 e. The standard InChI is InChI=1S/C14H13FN4/c1-8-11(9-3-5-10(15)6-4-9)12-13(16)17-7-18-14(12)19(8)2/h3-7H,1-2H3,(H2,16,17,18). The van der Waals surface area contributed by atoms with E-state index in [1.54, 1.807) is 12.1 Å². The SMILES string of the molecule is Cc1c(-c2ccc(F)cc2)c2c(N)ncnc2n1C. The van der Waals surface area contributed by atoms with Gasteiger partial charge in [0.1, 0.15) is 23.6 Å². The molecule has 0 unspecified atom stereocenters. The average molecular weight is 256 g/mol. The van der Waals surface area contributed by atoms with Gasteiger partial charge in [0.05, 0.1) is 5.39 Å². The summed E-state index contributed by atoms with van der Waals surface area (Å²) in [5.74, 6) is 0.180. The Kier molecular flexibility index (Phi) is 2.48. The first kappa shape index (κ1) is 11.6. The molecule has 4 nitrogen and oxygen atoms in total. The van der Waals surface area contributed by atoms with E-state index in [1.165, 1.54) is 18.5 Å². The molecule has 0 atom stereocenters. The summed E-state index contributed by atoms with van der Waals surface area (Å²) in [6.07, 6.45) is 1.45. The fraction of sp³-hybridized carbons (Fsp3) is 0.143. The third-order valence-electron chi connectivity index (χ3n) is 3.42. The van der Waals surface area contributed by atoms with Gasteiger partial charge in [-0.1, -0.05) is 12.1 Å². The number of halogens is 1. The summed E-state index contributed by atoms with van der Waals surface area (Å²) in [5, 5.41) is 0.814. The average Bonchev–Trinajstić information content (AvgIpc) is 2.66. The normalized spacial score (nSPS) is 11.1. The van der Waals surface area contributed by atoms with Crippen molar-refractivity contribution in [2.24, 2.45) is 7.05 Å². The molecular formula is C14H13FN4. The van der Waals surface area contributed by atoms with E-state index in [2.05, 4.69) is 9.97 Å². The van der Waals surface area contributed by atoms with Crippen LogP contribution in [0.2, 0.25) is 0 Å². The van der Waals surface area contributed by atoms with Crippen LogP contribution in [0.4, 0.5) is 10.2 Å². The molecule has 1 aromatic carbocycles. The lowest BCUT2D eigenvalue weighted by molar-refractivity contribution is 0.628. The van der Waals surface area contributed by atoms with E-state index in [0.717, 1.165) is 27.9 Å². The molecule has 96 valence electrons. The van der Waals surface area contributed by atoms with Gasteiger partial charge in [-0.2, -0.15) is 0 Å². The number of anilines is 1. The third-order valence-corrected chi connectivity index (χ3v) is 3.42. The highest BCUT2D eigenvalue weighted by Crippen LogP contribution is 2.35. The van der Waals surface area contributed by atoms with E-state index in [9.17, 15) is 4.39 Å². The molecule has 0 saturated heterocycles. The fourth-order valence-corrected chi connectivity index (χ4v) is 2.36. The van der Waals surface area contributed by atoms with Crippen molar-refractivity contribution in [1.82, 2.24) is 14.5 Å². The zero-order chi connectivity index (χ0) is 13.6. The number of aromatic nitrogens is 3. The van der Waals surface area contributed by atoms with Crippen LogP contribution in [0.25, 0.3) is 22.2 Å². The Balaban J connectivity index is 2.40. The maximum absolute atomic E-state index is 13.0. The van der Waals surface area contributed by atoms with Crippen molar-refractivity contribution in [3.63, 3.8) is 0 Å². The quantitative estimate of drug-likeness (QED) is 0.728. The van der Waals surface area contributed by atoms with Crippen LogP contribution in [-0.4, -0.2) is 14.5 Å². The van der Waals surface area contributed by atoms with Gasteiger partial charge in [-0.3, -0.25) is 0 Å². The second-order valence-electron chi connectivity index (χ2n) is 4.48. The van der Waals surface area contributed by atoms with Gasteiger partial charge in [0.2, 0.25) is 0 Å². The van der Waals surface area contributed by atoms with Gasteiger partial charge in [-0.25, -0.2) is 14.4 Å². The molecule has 3 aromatic rings. The van der Waals surface area contributed by atoms with E-state index in [-0.39, 0.29) is 5.82 Å². The van der Waals surface area contributed by atoms with Gasteiger partial charge >= 0.3 is 0 Å². The van der Waals surface area contributed by atoms with Gasteiger partial charge in [0, 0.05) is 18.3 Å². The number of nitrogens with two attached hydrogens (primary N) is 1. The topological polar surface area (TPSA) is 56.7 Å².